The van der Waals surface area contributed by atoms with E-state index in [9.17, 15) is 19.2 Å². The van der Waals surface area contributed by atoms with Crippen molar-refractivity contribution in [1.82, 2.24) is 4.90 Å². The second kappa shape index (κ2) is 10.4. The summed E-state index contributed by atoms with van der Waals surface area (Å²) in [4.78, 5) is 52.0. The Bertz CT molecular complexity index is 1280. The van der Waals surface area contributed by atoms with Gasteiger partial charge < -0.3 is 14.8 Å². The highest BCUT2D eigenvalue weighted by molar-refractivity contribution is 7.18. The standard InChI is InChI=1S/C26H22N2O6S/c1-3-33-26(32)24-20(13-21(35-24)17-9-5-4-6-10-17)27-22(29)15-34-23(30)14-28-16(2)18-11-7-8-12-19(18)25(28)31/h4-13H,2-3,14-15H2,1H3,(H,27,29). The van der Waals surface area contributed by atoms with Crippen LogP contribution in [-0.4, -0.2) is 48.4 Å². The van der Waals surface area contributed by atoms with Crippen molar-refractivity contribution in [3.8, 4) is 10.4 Å². The number of amides is 2. The maximum absolute atomic E-state index is 12.5. The van der Waals surface area contributed by atoms with Gasteiger partial charge in [0.2, 0.25) is 0 Å². The lowest BCUT2D eigenvalue weighted by Crippen LogP contribution is -2.32. The number of nitrogens with zero attached hydrogens (tertiary/aromatic N) is 1. The molecular formula is C26H22N2O6S. The predicted octanol–water partition coefficient (Wildman–Crippen LogP) is 4.20. The van der Waals surface area contributed by atoms with E-state index in [1.165, 1.54) is 16.2 Å². The summed E-state index contributed by atoms with van der Waals surface area (Å²) in [5.41, 5.74) is 2.67. The fourth-order valence-corrected chi connectivity index (χ4v) is 4.60. The van der Waals surface area contributed by atoms with Crippen LogP contribution in [0.25, 0.3) is 16.1 Å². The fourth-order valence-electron chi connectivity index (χ4n) is 3.59. The maximum Gasteiger partial charge on any atom is 0.350 e. The van der Waals surface area contributed by atoms with Crippen molar-refractivity contribution < 1.29 is 28.7 Å². The van der Waals surface area contributed by atoms with Gasteiger partial charge in [-0.2, -0.15) is 0 Å². The quantitative estimate of drug-likeness (QED) is 0.475. The molecule has 2 heterocycles. The zero-order chi connectivity index (χ0) is 24.9. The molecule has 4 rings (SSSR count). The van der Waals surface area contributed by atoms with Crippen molar-refractivity contribution >= 4 is 46.5 Å². The van der Waals surface area contributed by atoms with Crippen molar-refractivity contribution in [2.24, 2.45) is 0 Å². The lowest BCUT2D eigenvalue weighted by molar-refractivity contribution is -0.147. The zero-order valence-electron chi connectivity index (χ0n) is 18.9. The molecule has 0 bridgehead atoms. The second-order valence-corrected chi connectivity index (χ2v) is 8.58. The SMILES string of the molecule is C=C1c2ccccc2C(=O)N1CC(=O)OCC(=O)Nc1cc(-c2ccccc2)sc1C(=O)OCC. The first-order valence-electron chi connectivity index (χ1n) is 10.8. The summed E-state index contributed by atoms with van der Waals surface area (Å²) in [6.07, 6.45) is 0. The van der Waals surface area contributed by atoms with Crippen molar-refractivity contribution in [1.29, 1.82) is 0 Å². The molecule has 0 saturated carbocycles. The smallest absolute Gasteiger partial charge is 0.350 e. The number of ether oxygens (including phenoxy) is 2. The Hall–Kier alpha value is -4.24. The molecule has 1 aliphatic heterocycles. The molecule has 178 valence electrons. The third-order valence-corrected chi connectivity index (χ3v) is 6.38. The number of fused-ring (bicyclic) bond motifs is 1. The lowest BCUT2D eigenvalue weighted by atomic mass is 10.1. The highest BCUT2D eigenvalue weighted by Crippen LogP contribution is 2.35. The molecule has 0 fully saturated rings. The molecule has 0 atom stereocenters. The molecule has 0 spiro atoms. The van der Waals surface area contributed by atoms with E-state index >= 15 is 0 Å². The minimum atomic E-state index is -0.761. The van der Waals surface area contributed by atoms with E-state index in [0.717, 1.165) is 10.4 Å². The summed E-state index contributed by atoms with van der Waals surface area (Å²) in [6, 6.07) is 18.0. The molecule has 0 aliphatic carbocycles. The first kappa shape index (κ1) is 23.9. The molecule has 8 nitrogen and oxygen atoms in total. The van der Waals surface area contributed by atoms with Gasteiger partial charge in [-0.05, 0) is 24.6 Å². The number of rotatable bonds is 8. The van der Waals surface area contributed by atoms with Gasteiger partial charge in [0.25, 0.3) is 11.8 Å². The monoisotopic (exact) mass is 490 g/mol. The van der Waals surface area contributed by atoms with Crippen LogP contribution in [0, 0.1) is 0 Å². The molecule has 2 aromatic carbocycles. The molecule has 0 unspecified atom stereocenters. The zero-order valence-corrected chi connectivity index (χ0v) is 19.7. The molecule has 9 heteroatoms. The van der Waals surface area contributed by atoms with Crippen LogP contribution in [-0.2, 0) is 19.1 Å². The fraction of sp³-hybridized carbons (Fsp3) is 0.154. The van der Waals surface area contributed by atoms with Crippen LogP contribution in [0.1, 0.15) is 32.5 Å². The van der Waals surface area contributed by atoms with Crippen molar-refractivity contribution in [3.63, 3.8) is 0 Å². The highest BCUT2D eigenvalue weighted by Gasteiger charge is 2.32. The number of thiophene rings is 1. The topological polar surface area (TPSA) is 102 Å². The van der Waals surface area contributed by atoms with E-state index < -0.39 is 24.5 Å². The molecule has 35 heavy (non-hydrogen) atoms. The number of nitrogens with one attached hydrogen (secondary N) is 1. The molecule has 3 aromatic rings. The molecule has 1 aromatic heterocycles. The van der Waals surface area contributed by atoms with Crippen LogP contribution in [0.2, 0.25) is 0 Å². The number of anilines is 1. The van der Waals surface area contributed by atoms with Gasteiger partial charge in [0, 0.05) is 21.7 Å². The average molecular weight is 491 g/mol. The van der Waals surface area contributed by atoms with Crippen LogP contribution in [0.4, 0.5) is 5.69 Å². The third kappa shape index (κ3) is 5.15. The number of hydrogen-bond donors (Lipinski definition) is 1. The number of benzene rings is 2. The van der Waals surface area contributed by atoms with Gasteiger partial charge in [0.15, 0.2) is 6.61 Å². The van der Waals surface area contributed by atoms with Gasteiger partial charge in [-0.25, -0.2) is 4.79 Å². The summed E-state index contributed by atoms with van der Waals surface area (Å²) in [7, 11) is 0. The minimum Gasteiger partial charge on any atom is -0.462 e. The average Bonchev–Trinajstić information content (AvgIpc) is 3.39. The normalized spacial score (nSPS) is 12.3. The molecule has 0 saturated heterocycles. The maximum atomic E-state index is 12.5. The minimum absolute atomic E-state index is 0.187. The summed E-state index contributed by atoms with van der Waals surface area (Å²) in [6.45, 7) is 4.80. The third-order valence-electron chi connectivity index (χ3n) is 5.22. The summed E-state index contributed by atoms with van der Waals surface area (Å²) >= 11 is 1.19. The summed E-state index contributed by atoms with van der Waals surface area (Å²) in [5.74, 6) is -2.30. The Balaban J connectivity index is 1.39. The molecule has 2 amide bonds. The van der Waals surface area contributed by atoms with E-state index in [-0.39, 0.29) is 29.6 Å². The van der Waals surface area contributed by atoms with Crippen LogP contribution < -0.4 is 5.32 Å². The van der Waals surface area contributed by atoms with Gasteiger partial charge in [-0.15, -0.1) is 11.3 Å². The molecular weight excluding hydrogens is 468 g/mol. The number of esters is 2. The van der Waals surface area contributed by atoms with Gasteiger partial charge >= 0.3 is 11.9 Å². The molecule has 1 N–H and O–H groups in total. The number of carbonyl (C=O) groups is 4. The van der Waals surface area contributed by atoms with Crippen molar-refractivity contribution in [3.05, 3.63) is 83.2 Å². The number of carbonyl (C=O) groups excluding carboxylic acids is 4. The van der Waals surface area contributed by atoms with E-state index in [0.29, 0.717) is 16.8 Å². The van der Waals surface area contributed by atoms with Gasteiger partial charge in [-0.1, -0.05) is 55.1 Å². The van der Waals surface area contributed by atoms with Crippen molar-refractivity contribution in [2.75, 3.05) is 25.1 Å². The van der Waals surface area contributed by atoms with E-state index in [4.69, 9.17) is 9.47 Å². The number of hydrogen-bond acceptors (Lipinski definition) is 7. The summed E-state index contributed by atoms with van der Waals surface area (Å²) in [5, 5.41) is 2.62. The van der Waals surface area contributed by atoms with Crippen molar-refractivity contribution in [2.45, 2.75) is 6.92 Å². The van der Waals surface area contributed by atoms with Crippen LogP contribution >= 0.6 is 11.3 Å². The van der Waals surface area contributed by atoms with Gasteiger partial charge in [0.1, 0.15) is 11.4 Å². The Morgan fingerprint density at radius 1 is 1.00 bits per heavy atom. The first-order valence-corrected chi connectivity index (χ1v) is 11.6. The van der Waals surface area contributed by atoms with E-state index in [1.807, 2.05) is 30.3 Å². The van der Waals surface area contributed by atoms with Gasteiger partial charge in [-0.3, -0.25) is 19.3 Å². The second-order valence-electron chi connectivity index (χ2n) is 7.53. The highest BCUT2D eigenvalue weighted by atomic mass is 32.1. The van der Waals surface area contributed by atoms with Crippen LogP contribution in [0.3, 0.4) is 0 Å². The Morgan fingerprint density at radius 2 is 1.69 bits per heavy atom. The lowest BCUT2D eigenvalue weighted by Gasteiger charge is -2.16. The first-order chi connectivity index (χ1) is 16.9. The van der Waals surface area contributed by atoms with Crippen LogP contribution in [0.15, 0.2) is 67.2 Å². The molecule has 1 aliphatic rings. The van der Waals surface area contributed by atoms with Crippen LogP contribution in [0.5, 0.6) is 0 Å². The summed E-state index contributed by atoms with van der Waals surface area (Å²) < 4.78 is 10.2. The predicted molar refractivity (Wildman–Crippen MR) is 132 cm³/mol. The Kier molecular flexibility index (Phi) is 7.07. The Labute approximate surface area is 205 Å². The van der Waals surface area contributed by atoms with Gasteiger partial charge in [0.05, 0.1) is 12.3 Å². The van der Waals surface area contributed by atoms with E-state index in [1.54, 1.807) is 37.3 Å². The molecule has 0 radical (unpaired) electrons. The van der Waals surface area contributed by atoms with E-state index in [2.05, 4.69) is 11.9 Å². The largest absolute Gasteiger partial charge is 0.462 e. The Morgan fingerprint density at radius 3 is 2.37 bits per heavy atom.